The highest BCUT2D eigenvalue weighted by Gasteiger charge is 2.26. The van der Waals surface area contributed by atoms with Crippen LogP contribution in [0.5, 0.6) is 0 Å². The Kier molecular flexibility index (Phi) is 6.60. The minimum absolute atomic E-state index is 0.0893. The Morgan fingerprint density at radius 2 is 1.89 bits per heavy atom. The van der Waals surface area contributed by atoms with Crippen LogP contribution in [0.25, 0.3) is 5.57 Å². The molecule has 10 nitrogen and oxygen atoms in total. The van der Waals surface area contributed by atoms with Crippen LogP contribution in [0.15, 0.2) is 88.8 Å². The number of nitrogens with two attached hydrogens (primary N) is 2. The average molecular weight is 464 g/mol. The van der Waals surface area contributed by atoms with Gasteiger partial charge < -0.3 is 26.9 Å². The van der Waals surface area contributed by atoms with Crippen LogP contribution in [0, 0.1) is 16.7 Å². The van der Waals surface area contributed by atoms with E-state index in [0.717, 1.165) is 17.3 Å². The fourth-order valence-corrected chi connectivity index (χ4v) is 3.39. The lowest BCUT2D eigenvalue weighted by Gasteiger charge is -2.11. The van der Waals surface area contributed by atoms with Crippen LogP contribution < -0.4 is 16.8 Å². The standard InChI is InChI=1S/C25H20N8O2/c26-13-15-10-11-30-20(12-15)18(14-27)22(28)35-25(29)33-23-24(34)31-19-9-5-4-8-17(19)21(32-23)16-6-2-1-3-7-16/h1-12,14,23,27H,28H2,(H2,29,33)(H,31,34)/t23-/m1/s1. The molecule has 10 heteroatoms. The molecule has 0 radical (unpaired) electrons. The Bertz CT molecular complexity index is 1420. The van der Waals surface area contributed by atoms with Gasteiger partial charge in [-0.1, -0.05) is 48.5 Å². The zero-order valence-electron chi connectivity index (χ0n) is 18.3. The molecule has 2 heterocycles. The molecule has 2 aromatic carbocycles. The van der Waals surface area contributed by atoms with E-state index in [1.807, 2.05) is 54.6 Å². The molecule has 0 bridgehead atoms. The second-order valence-corrected chi connectivity index (χ2v) is 7.29. The molecule has 0 aliphatic carbocycles. The fourth-order valence-electron chi connectivity index (χ4n) is 3.39. The minimum Gasteiger partial charge on any atom is -0.409 e. The Hall–Kier alpha value is -5.30. The van der Waals surface area contributed by atoms with Crippen LogP contribution >= 0.6 is 0 Å². The molecule has 1 aliphatic heterocycles. The van der Waals surface area contributed by atoms with Crippen molar-refractivity contribution < 1.29 is 9.53 Å². The van der Waals surface area contributed by atoms with Gasteiger partial charge in [-0.25, -0.2) is 4.99 Å². The first-order valence-corrected chi connectivity index (χ1v) is 10.4. The van der Waals surface area contributed by atoms with Gasteiger partial charge in [-0.15, -0.1) is 0 Å². The Morgan fingerprint density at radius 3 is 2.63 bits per heavy atom. The maximum absolute atomic E-state index is 12.9. The van der Waals surface area contributed by atoms with Crippen LogP contribution in [-0.2, 0) is 9.53 Å². The molecule has 172 valence electrons. The van der Waals surface area contributed by atoms with Gasteiger partial charge in [0.2, 0.25) is 12.0 Å². The highest BCUT2D eigenvalue weighted by molar-refractivity contribution is 6.19. The van der Waals surface area contributed by atoms with Gasteiger partial charge in [-0.3, -0.25) is 9.78 Å². The number of rotatable bonds is 5. The molecule has 1 aromatic heterocycles. The highest BCUT2D eigenvalue weighted by atomic mass is 16.5. The number of nitrogens with zero attached hydrogens (tertiary/aromatic N) is 4. The molecule has 1 atom stereocenters. The van der Waals surface area contributed by atoms with E-state index in [1.54, 1.807) is 6.07 Å². The van der Waals surface area contributed by atoms with Crippen molar-refractivity contribution in [3.63, 3.8) is 0 Å². The van der Waals surface area contributed by atoms with E-state index in [0.29, 0.717) is 17.0 Å². The minimum atomic E-state index is -1.26. The molecular formula is C25H20N8O2. The number of aliphatic imine (C=N–C) groups is 2. The predicted molar refractivity (Wildman–Crippen MR) is 132 cm³/mol. The zero-order valence-corrected chi connectivity index (χ0v) is 18.3. The van der Waals surface area contributed by atoms with Gasteiger partial charge >= 0.3 is 0 Å². The number of nitrogens with one attached hydrogen (secondary N) is 2. The Labute approximate surface area is 200 Å². The first kappa shape index (κ1) is 22.9. The van der Waals surface area contributed by atoms with Gasteiger partial charge in [0.25, 0.3) is 11.9 Å². The van der Waals surface area contributed by atoms with Crippen molar-refractivity contribution >= 4 is 35.1 Å². The number of nitriles is 1. The van der Waals surface area contributed by atoms with E-state index >= 15 is 0 Å². The van der Waals surface area contributed by atoms with Crippen LogP contribution in [0.3, 0.4) is 0 Å². The quantitative estimate of drug-likeness (QED) is 0.256. The number of hydrogen-bond acceptors (Lipinski definition) is 8. The van der Waals surface area contributed by atoms with Crippen molar-refractivity contribution in [2.75, 3.05) is 5.32 Å². The molecule has 0 saturated heterocycles. The van der Waals surface area contributed by atoms with Gasteiger partial charge in [0.15, 0.2) is 0 Å². The summed E-state index contributed by atoms with van der Waals surface area (Å²) in [6.45, 7) is 0. The van der Waals surface area contributed by atoms with E-state index in [9.17, 15) is 4.79 Å². The normalized spacial score (nSPS) is 16.0. The number of benzodiazepines with no additional fused rings is 1. The molecular weight excluding hydrogens is 444 g/mol. The molecule has 3 aromatic rings. The summed E-state index contributed by atoms with van der Waals surface area (Å²) in [7, 11) is 0. The SMILES string of the molecule is N#Cc1ccnc(C(C=N)=C(N)OC(N)=N[C@H]2N=C(c3ccccc3)c3ccccc3NC2=O)c1. The summed E-state index contributed by atoms with van der Waals surface area (Å²) in [5.41, 5.74) is 15.3. The van der Waals surface area contributed by atoms with E-state index in [2.05, 4.69) is 20.3 Å². The van der Waals surface area contributed by atoms with Gasteiger partial charge in [0, 0.05) is 23.5 Å². The number of benzene rings is 2. The molecule has 1 aliphatic rings. The summed E-state index contributed by atoms with van der Waals surface area (Å²) in [5.74, 6) is -0.776. The average Bonchev–Trinajstić information content (AvgIpc) is 3.01. The van der Waals surface area contributed by atoms with Gasteiger partial charge in [0.1, 0.15) is 0 Å². The van der Waals surface area contributed by atoms with Crippen LogP contribution in [0.2, 0.25) is 0 Å². The molecule has 6 N–H and O–H groups in total. The summed E-state index contributed by atoms with van der Waals surface area (Å²) in [5, 5.41) is 19.6. The molecule has 35 heavy (non-hydrogen) atoms. The van der Waals surface area contributed by atoms with E-state index in [-0.39, 0.29) is 17.2 Å². The maximum Gasteiger partial charge on any atom is 0.291 e. The Balaban J connectivity index is 1.69. The number of pyridine rings is 1. The zero-order chi connectivity index (χ0) is 24.8. The number of fused-ring (bicyclic) bond motifs is 1. The van der Waals surface area contributed by atoms with Crippen LogP contribution in [-0.4, -0.2) is 35.0 Å². The smallest absolute Gasteiger partial charge is 0.291 e. The molecule has 1 amide bonds. The first-order valence-electron chi connectivity index (χ1n) is 10.4. The third kappa shape index (κ3) is 5.04. The predicted octanol–water partition coefficient (Wildman–Crippen LogP) is 2.38. The number of anilines is 1. The number of carbonyl (C=O) groups is 1. The van der Waals surface area contributed by atoms with Crippen molar-refractivity contribution in [1.29, 1.82) is 10.7 Å². The van der Waals surface area contributed by atoms with Gasteiger partial charge in [-0.05, 0) is 18.2 Å². The summed E-state index contributed by atoms with van der Waals surface area (Å²) in [6.07, 6.45) is 1.08. The monoisotopic (exact) mass is 464 g/mol. The van der Waals surface area contributed by atoms with Gasteiger partial charge in [0.05, 0.1) is 34.3 Å². The summed E-state index contributed by atoms with van der Waals surface area (Å²) in [4.78, 5) is 25.7. The number of carbonyl (C=O) groups excluding carboxylic acids is 1. The van der Waals surface area contributed by atoms with E-state index in [4.69, 9.17) is 26.9 Å². The molecule has 0 saturated carbocycles. The molecule has 0 spiro atoms. The van der Waals surface area contributed by atoms with Gasteiger partial charge in [-0.2, -0.15) is 10.3 Å². The second kappa shape index (κ2) is 10.1. The van der Waals surface area contributed by atoms with Crippen molar-refractivity contribution in [3.8, 4) is 6.07 Å². The van der Waals surface area contributed by atoms with Crippen molar-refractivity contribution in [1.82, 2.24) is 4.98 Å². The topological polar surface area (TPSA) is 176 Å². The van der Waals surface area contributed by atoms with E-state index < -0.39 is 18.1 Å². The number of ether oxygens (including phenoxy) is 1. The largest absolute Gasteiger partial charge is 0.409 e. The third-order valence-electron chi connectivity index (χ3n) is 5.01. The highest BCUT2D eigenvalue weighted by Crippen LogP contribution is 2.24. The lowest BCUT2D eigenvalue weighted by Crippen LogP contribution is -2.29. The van der Waals surface area contributed by atoms with Crippen molar-refractivity contribution in [2.24, 2.45) is 21.5 Å². The van der Waals surface area contributed by atoms with Crippen LogP contribution in [0.1, 0.15) is 22.4 Å². The van der Waals surface area contributed by atoms with Crippen molar-refractivity contribution in [3.05, 3.63) is 101 Å². The second-order valence-electron chi connectivity index (χ2n) is 7.29. The molecule has 0 fully saturated rings. The maximum atomic E-state index is 12.9. The van der Waals surface area contributed by atoms with E-state index in [1.165, 1.54) is 18.3 Å². The number of para-hydroxylation sites is 1. The van der Waals surface area contributed by atoms with Crippen molar-refractivity contribution in [2.45, 2.75) is 6.17 Å². The fraction of sp³-hybridized carbons (Fsp3) is 0.0400. The lowest BCUT2D eigenvalue weighted by molar-refractivity contribution is -0.117. The number of aromatic nitrogens is 1. The number of allylic oxidation sites excluding steroid dienone is 1. The van der Waals surface area contributed by atoms with Crippen LogP contribution in [0.4, 0.5) is 5.69 Å². The third-order valence-corrected chi connectivity index (χ3v) is 5.01. The summed E-state index contributed by atoms with van der Waals surface area (Å²) < 4.78 is 5.40. The molecule has 4 rings (SSSR count). The molecule has 0 unspecified atom stereocenters. The lowest BCUT2D eigenvalue weighted by atomic mass is 10.0. The number of amides is 1. The number of hydrogen-bond donors (Lipinski definition) is 4. The summed E-state index contributed by atoms with van der Waals surface area (Å²) in [6, 6.07) is 21.2. The Morgan fingerprint density at radius 1 is 1.14 bits per heavy atom. The summed E-state index contributed by atoms with van der Waals surface area (Å²) >= 11 is 0. The number of amidine groups is 1. The first-order chi connectivity index (χ1) is 17.0.